The van der Waals surface area contributed by atoms with Crippen LogP contribution in [0.25, 0.3) is 0 Å². The first-order valence-corrected chi connectivity index (χ1v) is 4.73. The summed E-state index contributed by atoms with van der Waals surface area (Å²) in [6.45, 7) is 0. The van der Waals surface area contributed by atoms with Crippen molar-refractivity contribution in [3.8, 4) is 0 Å². The Balaban J connectivity index is 2.08. The van der Waals surface area contributed by atoms with E-state index in [1.54, 1.807) is 6.08 Å². The van der Waals surface area contributed by atoms with E-state index in [4.69, 9.17) is 5.11 Å². The summed E-state index contributed by atoms with van der Waals surface area (Å²) in [7, 11) is 0. The highest BCUT2D eigenvalue weighted by Crippen LogP contribution is 2.26. The highest BCUT2D eigenvalue weighted by atomic mass is 16.4. The van der Waals surface area contributed by atoms with E-state index in [1.807, 2.05) is 12.1 Å². The summed E-state index contributed by atoms with van der Waals surface area (Å²) in [5, 5.41) is 8.50. The molecule has 0 amide bonds. The Kier molecular flexibility index (Phi) is 2.35. The van der Waals surface area contributed by atoms with Crippen molar-refractivity contribution in [2.24, 2.45) is 5.92 Å². The van der Waals surface area contributed by atoms with E-state index in [2.05, 4.69) is 12.1 Å². The van der Waals surface area contributed by atoms with Gasteiger partial charge in [0.2, 0.25) is 0 Å². The zero-order valence-electron chi connectivity index (χ0n) is 7.81. The molecular weight excluding hydrogens is 176 g/mol. The molecule has 0 aromatic heterocycles. The first-order chi connectivity index (χ1) is 6.75. The van der Waals surface area contributed by atoms with Gasteiger partial charge >= 0.3 is 5.97 Å². The van der Waals surface area contributed by atoms with Crippen LogP contribution < -0.4 is 0 Å². The fourth-order valence-electron chi connectivity index (χ4n) is 1.95. The minimum atomic E-state index is -0.860. The molecular formula is C12H12O2. The van der Waals surface area contributed by atoms with Crippen molar-refractivity contribution in [3.63, 3.8) is 0 Å². The van der Waals surface area contributed by atoms with Gasteiger partial charge in [0.15, 0.2) is 0 Å². The first kappa shape index (κ1) is 9.00. The highest BCUT2D eigenvalue weighted by molar-refractivity contribution is 5.79. The summed E-state index contributed by atoms with van der Waals surface area (Å²) in [6, 6.07) is 8.29. The van der Waals surface area contributed by atoms with E-state index in [0.29, 0.717) is 5.92 Å². The lowest BCUT2D eigenvalue weighted by atomic mass is 10.1. The maximum atomic E-state index is 10.3. The summed E-state index contributed by atoms with van der Waals surface area (Å²) in [5.41, 5.74) is 2.71. The molecule has 2 rings (SSSR count). The van der Waals surface area contributed by atoms with Gasteiger partial charge in [-0.1, -0.05) is 30.3 Å². The molecule has 0 fully saturated rings. The summed E-state index contributed by atoms with van der Waals surface area (Å²) < 4.78 is 0. The molecule has 0 aliphatic heterocycles. The van der Waals surface area contributed by atoms with Crippen LogP contribution in [0.2, 0.25) is 0 Å². The third-order valence-electron chi connectivity index (χ3n) is 2.59. The molecule has 0 saturated carbocycles. The molecule has 0 saturated heterocycles. The standard InChI is InChI=1S/C12H12O2/c13-12(14)6-5-9-7-10-3-1-2-4-11(10)8-9/h1-6,9H,7-8H2,(H,13,14)/b6-5+. The Morgan fingerprint density at radius 1 is 1.29 bits per heavy atom. The van der Waals surface area contributed by atoms with Crippen LogP contribution in [0.1, 0.15) is 11.1 Å². The van der Waals surface area contributed by atoms with E-state index in [-0.39, 0.29) is 0 Å². The number of carbonyl (C=O) groups is 1. The van der Waals surface area contributed by atoms with Crippen LogP contribution in [-0.4, -0.2) is 11.1 Å². The van der Waals surface area contributed by atoms with Crippen LogP contribution >= 0.6 is 0 Å². The smallest absolute Gasteiger partial charge is 0.327 e. The Morgan fingerprint density at radius 3 is 2.36 bits per heavy atom. The van der Waals surface area contributed by atoms with Crippen molar-refractivity contribution in [1.29, 1.82) is 0 Å². The van der Waals surface area contributed by atoms with Crippen molar-refractivity contribution in [2.75, 3.05) is 0 Å². The molecule has 72 valence electrons. The molecule has 1 aromatic rings. The quantitative estimate of drug-likeness (QED) is 0.721. The summed E-state index contributed by atoms with van der Waals surface area (Å²) in [4.78, 5) is 10.3. The number of aliphatic carboxylic acids is 1. The SMILES string of the molecule is O=C(O)/C=C/C1Cc2ccccc2C1. The van der Waals surface area contributed by atoms with Crippen LogP contribution in [0.5, 0.6) is 0 Å². The maximum Gasteiger partial charge on any atom is 0.327 e. The fourth-order valence-corrected chi connectivity index (χ4v) is 1.95. The van der Waals surface area contributed by atoms with Crippen molar-refractivity contribution >= 4 is 5.97 Å². The van der Waals surface area contributed by atoms with Gasteiger partial charge in [-0.15, -0.1) is 0 Å². The third-order valence-corrected chi connectivity index (χ3v) is 2.59. The lowest BCUT2D eigenvalue weighted by molar-refractivity contribution is -0.131. The van der Waals surface area contributed by atoms with E-state index < -0.39 is 5.97 Å². The molecule has 14 heavy (non-hydrogen) atoms. The molecule has 2 heteroatoms. The molecule has 0 heterocycles. The second-order valence-corrected chi connectivity index (χ2v) is 3.63. The molecule has 0 bridgehead atoms. The lowest BCUT2D eigenvalue weighted by Gasteiger charge is -1.98. The largest absolute Gasteiger partial charge is 0.478 e. The van der Waals surface area contributed by atoms with Crippen molar-refractivity contribution in [3.05, 3.63) is 47.5 Å². The monoisotopic (exact) mass is 188 g/mol. The van der Waals surface area contributed by atoms with Crippen molar-refractivity contribution in [2.45, 2.75) is 12.8 Å². The first-order valence-electron chi connectivity index (χ1n) is 4.73. The zero-order valence-corrected chi connectivity index (χ0v) is 7.81. The number of hydrogen-bond acceptors (Lipinski definition) is 1. The molecule has 1 N–H and O–H groups in total. The van der Waals surface area contributed by atoms with E-state index in [1.165, 1.54) is 17.2 Å². The predicted molar refractivity (Wildman–Crippen MR) is 54.1 cm³/mol. The van der Waals surface area contributed by atoms with Gasteiger partial charge in [-0.3, -0.25) is 0 Å². The lowest BCUT2D eigenvalue weighted by Crippen LogP contribution is -1.96. The van der Waals surface area contributed by atoms with Crippen LogP contribution in [0, 0.1) is 5.92 Å². The predicted octanol–water partition coefficient (Wildman–Crippen LogP) is 2.04. The summed E-state index contributed by atoms with van der Waals surface area (Å²) in [6.07, 6.45) is 4.98. The summed E-state index contributed by atoms with van der Waals surface area (Å²) >= 11 is 0. The molecule has 1 aliphatic rings. The van der Waals surface area contributed by atoms with E-state index >= 15 is 0 Å². The number of fused-ring (bicyclic) bond motifs is 1. The number of rotatable bonds is 2. The number of benzene rings is 1. The fraction of sp³-hybridized carbons (Fsp3) is 0.250. The van der Waals surface area contributed by atoms with Crippen molar-refractivity contribution in [1.82, 2.24) is 0 Å². The van der Waals surface area contributed by atoms with Gasteiger partial charge in [-0.25, -0.2) is 4.79 Å². The average Bonchev–Trinajstić information content (AvgIpc) is 2.57. The van der Waals surface area contributed by atoms with E-state index in [9.17, 15) is 4.79 Å². The second kappa shape index (κ2) is 3.66. The van der Waals surface area contributed by atoms with Gasteiger partial charge in [0.25, 0.3) is 0 Å². The maximum absolute atomic E-state index is 10.3. The number of carboxylic acids is 1. The number of allylic oxidation sites excluding steroid dienone is 1. The van der Waals surface area contributed by atoms with Gasteiger partial charge in [0, 0.05) is 6.08 Å². The van der Waals surface area contributed by atoms with Gasteiger partial charge in [-0.2, -0.15) is 0 Å². The Morgan fingerprint density at radius 2 is 1.86 bits per heavy atom. The van der Waals surface area contributed by atoms with Crippen molar-refractivity contribution < 1.29 is 9.90 Å². The molecule has 0 unspecified atom stereocenters. The van der Waals surface area contributed by atoms with Crippen LogP contribution in [-0.2, 0) is 17.6 Å². The van der Waals surface area contributed by atoms with Crippen LogP contribution in [0.3, 0.4) is 0 Å². The molecule has 2 nitrogen and oxygen atoms in total. The topological polar surface area (TPSA) is 37.3 Å². The highest BCUT2D eigenvalue weighted by Gasteiger charge is 2.18. The van der Waals surface area contributed by atoms with Crippen LogP contribution in [0.4, 0.5) is 0 Å². The minimum Gasteiger partial charge on any atom is -0.478 e. The van der Waals surface area contributed by atoms with Gasteiger partial charge in [0.1, 0.15) is 0 Å². The normalized spacial score (nSPS) is 16.0. The Bertz CT molecular complexity index is 355. The minimum absolute atomic E-state index is 0.364. The Labute approximate surface area is 82.9 Å². The molecule has 0 atom stereocenters. The molecule has 1 aromatic carbocycles. The van der Waals surface area contributed by atoms with Gasteiger partial charge < -0.3 is 5.11 Å². The average molecular weight is 188 g/mol. The molecule has 1 aliphatic carbocycles. The Hall–Kier alpha value is -1.57. The second-order valence-electron chi connectivity index (χ2n) is 3.63. The molecule has 0 radical (unpaired) electrons. The number of carboxylic acid groups (broad SMARTS) is 1. The summed E-state index contributed by atoms with van der Waals surface area (Å²) in [5.74, 6) is -0.496. The van der Waals surface area contributed by atoms with E-state index in [0.717, 1.165) is 12.8 Å². The van der Waals surface area contributed by atoms with Gasteiger partial charge in [-0.05, 0) is 29.9 Å². The zero-order chi connectivity index (χ0) is 9.97. The van der Waals surface area contributed by atoms with Crippen LogP contribution in [0.15, 0.2) is 36.4 Å². The molecule has 0 spiro atoms. The number of hydrogen-bond donors (Lipinski definition) is 1. The third kappa shape index (κ3) is 1.84. The van der Waals surface area contributed by atoms with Gasteiger partial charge in [0.05, 0.1) is 0 Å².